The van der Waals surface area contributed by atoms with Gasteiger partial charge in [0.2, 0.25) is 4.80 Å². The molecule has 8 heteroatoms. The number of aryl methyl sites for hydroxylation is 2. The summed E-state index contributed by atoms with van der Waals surface area (Å²) in [5.41, 5.74) is 1.78. The summed E-state index contributed by atoms with van der Waals surface area (Å²) in [6.45, 7) is 1.90. The normalized spacial score (nSPS) is 12.8. The molecule has 0 fully saturated rings. The molecule has 0 radical (unpaired) electrons. The van der Waals surface area contributed by atoms with E-state index in [0.29, 0.717) is 15.6 Å². The first kappa shape index (κ1) is 17.0. The molecule has 5 nitrogen and oxygen atoms in total. The summed E-state index contributed by atoms with van der Waals surface area (Å²) in [6.07, 6.45) is 0. The van der Waals surface area contributed by atoms with E-state index < -0.39 is 10.0 Å². The van der Waals surface area contributed by atoms with Crippen LogP contribution in [0, 0.1) is 6.92 Å². The third-order valence-corrected chi connectivity index (χ3v) is 6.61. The number of methoxy groups -OCH3 is 1. The van der Waals surface area contributed by atoms with Gasteiger partial charge in [-0.25, -0.2) is 0 Å². The predicted octanol–water partition coefficient (Wildman–Crippen LogP) is 3.50. The fourth-order valence-corrected chi connectivity index (χ4v) is 4.85. The summed E-state index contributed by atoms with van der Waals surface area (Å²) < 4.78 is 36.8. The van der Waals surface area contributed by atoms with Gasteiger partial charge in [0.05, 0.1) is 22.2 Å². The van der Waals surface area contributed by atoms with Crippen molar-refractivity contribution in [3.63, 3.8) is 0 Å². The van der Waals surface area contributed by atoms with Crippen LogP contribution in [-0.4, -0.2) is 20.1 Å². The van der Waals surface area contributed by atoms with Crippen LogP contribution in [0.4, 0.5) is 0 Å². The summed E-state index contributed by atoms with van der Waals surface area (Å²) >= 11 is 7.47. The molecule has 1 heterocycles. The quantitative estimate of drug-likeness (QED) is 0.696. The number of nitrogens with zero attached hydrogens (tertiary/aromatic N) is 2. The molecule has 0 aliphatic rings. The third-order valence-electron chi connectivity index (χ3n) is 3.71. The van der Waals surface area contributed by atoms with Gasteiger partial charge in [-0.2, -0.15) is 8.42 Å². The Bertz CT molecular complexity index is 1080. The Hall–Kier alpha value is -1.83. The molecule has 0 bridgehead atoms. The van der Waals surface area contributed by atoms with Crippen LogP contribution in [0.15, 0.2) is 45.7 Å². The van der Waals surface area contributed by atoms with E-state index in [1.807, 2.05) is 13.0 Å². The Morgan fingerprint density at radius 1 is 1.17 bits per heavy atom. The van der Waals surface area contributed by atoms with E-state index >= 15 is 0 Å². The van der Waals surface area contributed by atoms with Gasteiger partial charge < -0.3 is 9.30 Å². The zero-order valence-corrected chi connectivity index (χ0v) is 15.7. The Morgan fingerprint density at radius 3 is 2.46 bits per heavy atom. The smallest absolute Gasteiger partial charge is 0.285 e. The highest BCUT2D eigenvalue weighted by Crippen LogP contribution is 2.26. The van der Waals surface area contributed by atoms with Crippen molar-refractivity contribution in [3.05, 3.63) is 51.8 Å². The van der Waals surface area contributed by atoms with Crippen LogP contribution in [0.1, 0.15) is 5.56 Å². The number of ether oxygens (including phenoxy) is 1. The van der Waals surface area contributed by atoms with Crippen molar-refractivity contribution in [3.8, 4) is 5.75 Å². The largest absolute Gasteiger partial charge is 0.497 e. The summed E-state index contributed by atoms with van der Waals surface area (Å²) in [6, 6.07) is 9.82. The van der Waals surface area contributed by atoms with Gasteiger partial charge in [0.25, 0.3) is 10.0 Å². The van der Waals surface area contributed by atoms with E-state index in [2.05, 4.69) is 4.40 Å². The molecule has 0 unspecified atom stereocenters. The Morgan fingerprint density at radius 2 is 1.83 bits per heavy atom. The maximum absolute atomic E-state index is 12.5. The third kappa shape index (κ3) is 2.94. The number of thiazole rings is 1. The Balaban J connectivity index is 2.18. The lowest BCUT2D eigenvalue weighted by Crippen LogP contribution is -2.14. The van der Waals surface area contributed by atoms with Gasteiger partial charge in [-0.1, -0.05) is 22.9 Å². The van der Waals surface area contributed by atoms with E-state index in [9.17, 15) is 8.42 Å². The molecule has 0 aliphatic heterocycles. The number of hydrogen-bond acceptors (Lipinski definition) is 4. The Labute approximate surface area is 148 Å². The first-order chi connectivity index (χ1) is 11.3. The van der Waals surface area contributed by atoms with Gasteiger partial charge in [0.1, 0.15) is 5.75 Å². The number of sulfonamides is 1. The topological polar surface area (TPSA) is 60.7 Å². The fourth-order valence-electron chi connectivity index (χ4n) is 2.40. The molecule has 0 N–H and O–H groups in total. The molecule has 0 saturated carbocycles. The highest BCUT2D eigenvalue weighted by atomic mass is 35.5. The van der Waals surface area contributed by atoms with Crippen LogP contribution in [0.2, 0.25) is 5.02 Å². The van der Waals surface area contributed by atoms with E-state index in [1.165, 1.54) is 30.6 Å². The Kier molecular flexibility index (Phi) is 4.42. The van der Waals surface area contributed by atoms with E-state index in [4.69, 9.17) is 16.3 Å². The lowest BCUT2D eigenvalue weighted by atomic mass is 10.2. The van der Waals surface area contributed by atoms with Gasteiger partial charge in [0.15, 0.2) is 0 Å². The van der Waals surface area contributed by atoms with Crippen LogP contribution in [0.3, 0.4) is 0 Å². The second-order valence-electron chi connectivity index (χ2n) is 5.20. The van der Waals surface area contributed by atoms with Crippen molar-refractivity contribution in [2.45, 2.75) is 11.8 Å². The van der Waals surface area contributed by atoms with Crippen LogP contribution in [0.25, 0.3) is 10.2 Å². The highest BCUT2D eigenvalue weighted by molar-refractivity contribution is 7.90. The monoisotopic (exact) mass is 382 g/mol. The van der Waals surface area contributed by atoms with Crippen LogP contribution < -0.4 is 9.54 Å². The zero-order valence-electron chi connectivity index (χ0n) is 13.3. The number of rotatable bonds is 3. The van der Waals surface area contributed by atoms with Crippen molar-refractivity contribution in [1.29, 1.82) is 0 Å². The molecule has 0 aliphatic carbocycles. The molecular weight excluding hydrogens is 368 g/mol. The molecule has 0 spiro atoms. The van der Waals surface area contributed by atoms with Gasteiger partial charge in [-0.05, 0) is 48.9 Å². The predicted molar refractivity (Wildman–Crippen MR) is 96.3 cm³/mol. The molecule has 3 rings (SSSR count). The van der Waals surface area contributed by atoms with Crippen molar-refractivity contribution in [1.82, 2.24) is 4.57 Å². The van der Waals surface area contributed by atoms with Crippen molar-refractivity contribution < 1.29 is 13.2 Å². The summed E-state index contributed by atoms with van der Waals surface area (Å²) in [5.74, 6) is 0.589. The molecule has 126 valence electrons. The molecule has 0 saturated heterocycles. The minimum Gasteiger partial charge on any atom is -0.497 e. The number of halogens is 1. The van der Waals surface area contributed by atoms with Crippen LogP contribution in [-0.2, 0) is 17.1 Å². The van der Waals surface area contributed by atoms with Crippen molar-refractivity contribution >= 4 is 43.2 Å². The molecule has 0 amide bonds. The van der Waals surface area contributed by atoms with Crippen LogP contribution >= 0.6 is 22.9 Å². The molecule has 3 aromatic rings. The average molecular weight is 383 g/mol. The molecule has 0 atom stereocenters. The molecule has 2 aromatic carbocycles. The second-order valence-corrected chi connectivity index (χ2v) is 8.23. The molecule has 24 heavy (non-hydrogen) atoms. The summed E-state index contributed by atoms with van der Waals surface area (Å²) in [4.78, 5) is 0.515. The number of aromatic nitrogens is 1. The number of benzene rings is 2. The fraction of sp³-hybridized carbons (Fsp3) is 0.188. The van der Waals surface area contributed by atoms with E-state index in [1.54, 1.807) is 29.8 Å². The zero-order chi connectivity index (χ0) is 17.5. The SMILES string of the molecule is COc1ccc(S(=O)(=O)/N=c2\sc3ccc(Cl)c(C)c3n2C)cc1. The minimum absolute atomic E-state index is 0.121. The van der Waals surface area contributed by atoms with Crippen molar-refractivity contribution in [2.75, 3.05) is 7.11 Å². The lowest BCUT2D eigenvalue weighted by Gasteiger charge is -2.03. The van der Waals surface area contributed by atoms with Crippen LogP contribution in [0.5, 0.6) is 5.75 Å². The summed E-state index contributed by atoms with van der Waals surface area (Å²) in [5, 5.41) is 0.639. The highest BCUT2D eigenvalue weighted by Gasteiger charge is 2.15. The first-order valence-corrected chi connectivity index (χ1v) is 9.66. The maximum atomic E-state index is 12.5. The average Bonchev–Trinajstić information content (AvgIpc) is 2.87. The van der Waals surface area contributed by atoms with E-state index in [-0.39, 0.29) is 4.90 Å². The lowest BCUT2D eigenvalue weighted by molar-refractivity contribution is 0.414. The van der Waals surface area contributed by atoms with Gasteiger partial charge in [-0.15, -0.1) is 4.40 Å². The van der Waals surface area contributed by atoms with Gasteiger partial charge in [-0.3, -0.25) is 0 Å². The minimum atomic E-state index is -3.81. The second kappa shape index (κ2) is 6.23. The van der Waals surface area contributed by atoms with E-state index in [0.717, 1.165) is 15.8 Å². The summed E-state index contributed by atoms with van der Waals surface area (Å²) in [7, 11) is -0.497. The first-order valence-electron chi connectivity index (χ1n) is 7.03. The standard InChI is InChI=1S/C16H15ClN2O3S2/c1-10-13(17)8-9-14-15(10)19(2)16(23-14)18-24(20,21)12-6-4-11(22-3)5-7-12/h4-9H,1-3H3/b18-16-. The number of fused-ring (bicyclic) bond motifs is 1. The molecular formula is C16H15ClN2O3S2. The maximum Gasteiger partial charge on any atom is 0.285 e. The van der Waals surface area contributed by atoms with Gasteiger partial charge >= 0.3 is 0 Å². The van der Waals surface area contributed by atoms with Crippen molar-refractivity contribution in [2.24, 2.45) is 11.4 Å². The van der Waals surface area contributed by atoms with Gasteiger partial charge in [0, 0.05) is 12.1 Å². The molecule has 1 aromatic heterocycles. The number of hydrogen-bond donors (Lipinski definition) is 0.